The van der Waals surface area contributed by atoms with Gasteiger partial charge in [0.25, 0.3) is 5.69 Å². The minimum absolute atomic E-state index is 0. The number of hydrogen-bond donors (Lipinski definition) is 1. The lowest BCUT2D eigenvalue weighted by molar-refractivity contribution is -0.385. The highest BCUT2D eigenvalue weighted by molar-refractivity contribution is 6.35. The van der Waals surface area contributed by atoms with Gasteiger partial charge >= 0.3 is 5.97 Å². The van der Waals surface area contributed by atoms with Crippen molar-refractivity contribution >= 4 is 47.3 Å². The maximum Gasteiger partial charge on any atom is 0.338 e. The lowest BCUT2D eigenvalue weighted by atomic mass is 10.1. The molecule has 0 unspecified atom stereocenters. The number of carbonyl (C=O) groups is 1. The van der Waals surface area contributed by atoms with Crippen molar-refractivity contribution in [3.63, 3.8) is 0 Å². The predicted molar refractivity (Wildman–Crippen MR) is 103 cm³/mol. The highest BCUT2D eigenvalue weighted by Gasteiger charge is 2.17. The Kier molecular flexibility index (Phi) is 8.81. The first-order chi connectivity index (χ1) is 11.9. The minimum atomic E-state index is -0.514. The molecule has 6 nitrogen and oxygen atoms in total. The van der Waals surface area contributed by atoms with Gasteiger partial charge in [0.2, 0.25) is 0 Å². The molecule has 0 saturated heterocycles. The molecule has 0 saturated carbocycles. The minimum Gasteiger partial charge on any atom is -0.462 e. The third-order valence-corrected chi connectivity index (χ3v) is 4.02. The normalized spacial score (nSPS) is 10.1. The van der Waals surface area contributed by atoms with Gasteiger partial charge in [0.1, 0.15) is 0 Å². The molecule has 26 heavy (non-hydrogen) atoms. The van der Waals surface area contributed by atoms with Crippen LogP contribution in [0.1, 0.15) is 28.4 Å². The Bertz CT molecular complexity index is 800. The van der Waals surface area contributed by atoms with Crippen LogP contribution >= 0.6 is 35.6 Å². The Morgan fingerprint density at radius 3 is 2.46 bits per heavy atom. The molecule has 1 N–H and O–H groups in total. The SMILES string of the molecule is CCOC(=O)c1ccc([N+](=O)[O-])c(CNCc2ccc(Cl)cc2Cl)c1.Cl. The molecule has 140 valence electrons. The molecule has 0 fully saturated rings. The number of rotatable bonds is 7. The molecule has 0 aliphatic heterocycles. The highest BCUT2D eigenvalue weighted by atomic mass is 35.5. The van der Waals surface area contributed by atoms with E-state index < -0.39 is 10.9 Å². The summed E-state index contributed by atoms with van der Waals surface area (Å²) in [5.74, 6) is -0.514. The highest BCUT2D eigenvalue weighted by Crippen LogP contribution is 2.23. The van der Waals surface area contributed by atoms with Gasteiger partial charge in [0.05, 0.1) is 17.1 Å². The largest absolute Gasteiger partial charge is 0.462 e. The zero-order chi connectivity index (χ0) is 18.4. The Balaban J connectivity index is 0.00000338. The van der Waals surface area contributed by atoms with E-state index in [0.717, 1.165) is 5.56 Å². The summed E-state index contributed by atoms with van der Waals surface area (Å²) >= 11 is 12.0. The summed E-state index contributed by atoms with van der Waals surface area (Å²) in [4.78, 5) is 22.5. The van der Waals surface area contributed by atoms with E-state index in [2.05, 4.69) is 5.32 Å². The summed E-state index contributed by atoms with van der Waals surface area (Å²) in [5.41, 5.74) is 1.41. The zero-order valence-electron chi connectivity index (χ0n) is 13.8. The molecule has 2 aromatic rings. The van der Waals surface area contributed by atoms with Crippen molar-refractivity contribution in [2.24, 2.45) is 0 Å². The van der Waals surface area contributed by atoms with Crippen LogP contribution in [-0.2, 0) is 17.8 Å². The van der Waals surface area contributed by atoms with Gasteiger partial charge in [-0.2, -0.15) is 0 Å². The van der Waals surface area contributed by atoms with Crippen LogP contribution in [-0.4, -0.2) is 17.5 Å². The Hall–Kier alpha value is -1.86. The van der Waals surface area contributed by atoms with Crippen molar-refractivity contribution in [3.05, 3.63) is 73.2 Å². The van der Waals surface area contributed by atoms with E-state index in [1.54, 1.807) is 25.1 Å². The first-order valence-corrected chi connectivity index (χ1v) is 8.27. The van der Waals surface area contributed by atoms with Crippen molar-refractivity contribution in [2.45, 2.75) is 20.0 Å². The Labute approximate surface area is 167 Å². The number of esters is 1. The summed E-state index contributed by atoms with van der Waals surface area (Å²) in [6.45, 7) is 2.53. The fourth-order valence-corrected chi connectivity index (χ4v) is 2.72. The first-order valence-electron chi connectivity index (χ1n) is 7.51. The Morgan fingerprint density at radius 2 is 1.85 bits per heavy atom. The second-order valence-electron chi connectivity index (χ2n) is 5.16. The molecule has 0 spiro atoms. The van der Waals surface area contributed by atoms with E-state index in [-0.39, 0.29) is 36.8 Å². The summed E-state index contributed by atoms with van der Waals surface area (Å²) in [6, 6.07) is 9.28. The number of nitro groups is 1. The molecule has 0 radical (unpaired) electrons. The number of hydrogen-bond acceptors (Lipinski definition) is 5. The van der Waals surface area contributed by atoms with E-state index in [4.69, 9.17) is 27.9 Å². The molecule has 9 heteroatoms. The summed E-state index contributed by atoms with van der Waals surface area (Å²) in [6.07, 6.45) is 0. The van der Waals surface area contributed by atoms with Gasteiger partial charge in [-0.05, 0) is 36.8 Å². The number of nitro benzene ring substituents is 1. The number of ether oxygens (including phenoxy) is 1. The van der Waals surface area contributed by atoms with Crippen LogP contribution in [0.15, 0.2) is 36.4 Å². The van der Waals surface area contributed by atoms with Crippen molar-refractivity contribution in [2.75, 3.05) is 6.61 Å². The maximum atomic E-state index is 11.8. The molecular formula is C17H17Cl3N2O4. The average Bonchev–Trinajstić information content (AvgIpc) is 2.56. The van der Waals surface area contributed by atoms with E-state index in [0.29, 0.717) is 22.2 Å². The standard InChI is InChI=1S/C17H16Cl2N2O4.ClH/c1-2-25-17(22)11-4-6-16(21(23)24)13(7-11)10-20-9-12-3-5-14(18)8-15(12)19;/h3-8,20H,2,9-10H2,1H3;1H. The summed E-state index contributed by atoms with van der Waals surface area (Å²) in [7, 11) is 0. The van der Waals surface area contributed by atoms with Crippen LogP contribution in [0.2, 0.25) is 10.0 Å². The number of carbonyl (C=O) groups excluding carboxylic acids is 1. The number of nitrogens with zero attached hydrogens (tertiary/aromatic N) is 1. The van der Waals surface area contributed by atoms with Crippen LogP contribution < -0.4 is 5.32 Å². The van der Waals surface area contributed by atoms with Crippen molar-refractivity contribution in [1.82, 2.24) is 5.32 Å². The molecular weight excluding hydrogens is 403 g/mol. The third-order valence-electron chi connectivity index (χ3n) is 3.43. The van der Waals surface area contributed by atoms with Crippen LogP contribution in [0.25, 0.3) is 0 Å². The van der Waals surface area contributed by atoms with Crippen LogP contribution in [0.5, 0.6) is 0 Å². The smallest absolute Gasteiger partial charge is 0.338 e. The molecule has 0 heterocycles. The zero-order valence-corrected chi connectivity index (χ0v) is 16.2. The van der Waals surface area contributed by atoms with Gasteiger partial charge in [0, 0.05) is 34.8 Å². The molecule has 2 rings (SSSR count). The van der Waals surface area contributed by atoms with E-state index in [1.807, 2.05) is 0 Å². The van der Waals surface area contributed by atoms with Gasteiger partial charge in [-0.25, -0.2) is 4.79 Å². The quantitative estimate of drug-likeness (QED) is 0.396. The topological polar surface area (TPSA) is 81.5 Å². The summed E-state index contributed by atoms with van der Waals surface area (Å²) < 4.78 is 4.92. The molecule has 0 amide bonds. The maximum absolute atomic E-state index is 11.8. The number of benzene rings is 2. The molecule has 2 aromatic carbocycles. The third kappa shape index (κ3) is 5.85. The summed E-state index contributed by atoms with van der Waals surface area (Å²) in [5, 5.41) is 15.3. The van der Waals surface area contributed by atoms with E-state index >= 15 is 0 Å². The van der Waals surface area contributed by atoms with Crippen molar-refractivity contribution < 1.29 is 14.5 Å². The van der Waals surface area contributed by atoms with Gasteiger partial charge < -0.3 is 10.1 Å². The lowest BCUT2D eigenvalue weighted by Gasteiger charge is -2.09. The first kappa shape index (κ1) is 22.2. The fourth-order valence-electron chi connectivity index (χ4n) is 2.24. The van der Waals surface area contributed by atoms with Gasteiger partial charge in [-0.1, -0.05) is 29.3 Å². The number of halogens is 3. The number of nitrogens with one attached hydrogen (secondary N) is 1. The van der Waals surface area contributed by atoms with E-state index in [9.17, 15) is 14.9 Å². The van der Waals surface area contributed by atoms with Crippen LogP contribution in [0, 0.1) is 10.1 Å². The van der Waals surface area contributed by atoms with E-state index in [1.165, 1.54) is 18.2 Å². The van der Waals surface area contributed by atoms with Gasteiger partial charge in [0.15, 0.2) is 0 Å². The average molecular weight is 420 g/mol. The second kappa shape index (κ2) is 10.3. The van der Waals surface area contributed by atoms with Crippen molar-refractivity contribution in [1.29, 1.82) is 0 Å². The monoisotopic (exact) mass is 418 g/mol. The predicted octanol–water partition coefficient (Wildman–Crippen LogP) is 4.79. The van der Waals surface area contributed by atoms with Gasteiger partial charge in [-0.15, -0.1) is 12.4 Å². The van der Waals surface area contributed by atoms with Crippen LogP contribution in [0.4, 0.5) is 5.69 Å². The van der Waals surface area contributed by atoms with Crippen molar-refractivity contribution in [3.8, 4) is 0 Å². The van der Waals surface area contributed by atoms with Crippen LogP contribution in [0.3, 0.4) is 0 Å². The molecule has 0 aromatic heterocycles. The molecule has 0 aliphatic carbocycles. The lowest BCUT2D eigenvalue weighted by Crippen LogP contribution is -2.15. The fraction of sp³-hybridized carbons (Fsp3) is 0.235. The second-order valence-corrected chi connectivity index (χ2v) is 6.00. The molecule has 0 aliphatic rings. The van der Waals surface area contributed by atoms with Gasteiger partial charge in [-0.3, -0.25) is 10.1 Å². The Morgan fingerprint density at radius 1 is 1.15 bits per heavy atom. The molecule has 0 atom stereocenters. The molecule has 0 bridgehead atoms.